The molecule has 0 saturated carbocycles. The summed E-state index contributed by atoms with van der Waals surface area (Å²) in [6.45, 7) is 0. The average Bonchev–Trinajstić information content (AvgIpc) is 2.19. The quantitative estimate of drug-likeness (QED) is 0.787. The lowest BCUT2D eigenvalue weighted by Gasteiger charge is -2.00. The first-order chi connectivity index (χ1) is 7.50. The number of aromatic carboxylic acids is 1. The van der Waals surface area contributed by atoms with Gasteiger partial charge in [0.2, 0.25) is 0 Å². The summed E-state index contributed by atoms with van der Waals surface area (Å²) in [6, 6.07) is 1.21. The average molecular weight is 242 g/mol. The summed E-state index contributed by atoms with van der Waals surface area (Å²) < 4.78 is 0. The van der Waals surface area contributed by atoms with Crippen LogP contribution in [0.5, 0.6) is 0 Å². The maximum absolute atomic E-state index is 10.8. The lowest BCUT2D eigenvalue weighted by atomic mass is 10.1. The van der Waals surface area contributed by atoms with Crippen LogP contribution in [0.4, 0.5) is 0 Å². The molecule has 0 aliphatic carbocycles. The molecule has 6 heteroatoms. The minimum Gasteiger partial charge on any atom is -0.481 e. The van der Waals surface area contributed by atoms with Crippen LogP contribution in [0.3, 0.4) is 0 Å². The molecular weight excluding hydrogens is 234 g/mol. The monoisotopic (exact) mass is 241 g/mol. The van der Waals surface area contributed by atoms with Gasteiger partial charge in [-0.15, -0.1) is 0 Å². The van der Waals surface area contributed by atoms with Gasteiger partial charge in [-0.1, -0.05) is 23.8 Å². The van der Waals surface area contributed by atoms with Crippen molar-refractivity contribution in [2.75, 3.05) is 0 Å². The van der Waals surface area contributed by atoms with Gasteiger partial charge in [0.15, 0.2) is 0 Å². The van der Waals surface area contributed by atoms with Crippen molar-refractivity contribution in [2.24, 2.45) is 0 Å². The Kier molecular flexibility index (Phi) is 4.02. The molecule has 1 aromatic rings. The van der Waals surface area contributed by atoms with Crippen LogP contribution < -0.4 is 0 Å². The maximum Gasteiger partial charge on any atom is 0.336 e. The molecule has 0 aliphatic heterocycles. The smallest absolute Gasteiger partial charge is 0.336 e. The summed E-state index contributed by atoms with van der Waals surface area (Å²) in [6.07, 6.45) is 3.84. The van der Waals surface area contributed by atoms with Crippen molar-refractivity contribution in [3.8, 4) is 0 Å². The number of carboxylic acid groups (broad SMARTS) is 2. The lowest BCUT2D eigenvalue weighted by molar-refractivity contribution is -0.135. The second-order valence-electron chi connectivity index (χ2n) is 2.90. The molecule has 1 aromatic heterocycles. The zero-order valence-electron chi connectivity index (χ0n) is 8.05. The molecule has 0 unspecified atom stereocenters. The number of carboxylic acids is 2. The highest BCUT2D eigenvalue weighted by Crippen LogP contribution is 2.14. The van der Waals surface area contributed by atoms with Crippen LogP contribution in [0.25, 0.3) is 6.08 Å². The molecule has 0 saturated heterocycles. The van der Waals surface area contributed by atoms with Gasteiger partial charge >= 0.3 is 11.9 Å². The van der Waals surface area contributed by atoms with Gasteiger partial charge in [-0.25, -0.2) is 9.78 Å². The fourth-order valence-corrected chi connectivity index (χ4v) is 1.20. The van der Waals surface area contributed by atoms with E-state index in [4.69, 9.17) is 21.8 Å². The summed E-state index contributed by atoms with van der Waals surface area (Å²) >= 11 is 5.55. The van der Waals surface area contributed by atoms with E-state index in [2.05, 4.69) is 4.98 Å². The molecule has 84 valence electrons. The molecule has 1 heterocycles. The third-order valence-corrected chi connectivity index (χ3v) is 1.93. The summed E-state index contributed by atoms with van der Waals surface area (Å²) in [4.78, 5) is 24.8. The van der Waals surface area contributed by atoms with E-state index in [0.717, 1.165) is 0 Å². The number of aliphatic carboxylic acids is 1. The third kappa shape index (κ3) is 3.36. The van der Waals surface area contributed by atoms with Crippen LogP contribution in [0.15, 0.2) is 18.3 Å². The fourth-order valence-electron chi connectivity index (χ4n) is 1.05. The second-order valence-corrected chi connectivity index (χ2v) is 3.29. The zero-order chi connectivity index (χ0) is 12.1. The van der Waals surface area contributed by atoms with Crippen LogP contribution in [0, 0.1) is 0 Å². The molecule has 0 aromatic carbocycles. The van der Waals surface area contributed by atoms with E-state index >= 15 is 0 Å². The molecule has 1 rings (SSSR count). The second kappa shape index (κ2) is 5.27. The number of pyridine rings is 1. The highest BCUT2D eigenvalue weighted by atomic mass is 35.5. The Bertz CT molecular complexity index is 456. The first-order valence-electron chi connectivity index (χ1n) is 4.28. The predicted octanol–water partition coefficient (Wildman–Crippen LogP) is 1.92. The first kappa shape index (κ1) is 12.2. The normalized spacial score (nSPS) is 10.6. The number of hydrogen-bond acceptors (Lipinski definition) is 3. The Hall–Kier alpha value is -1.88. The topological polar surface area (TPSA) is 87.5 Å². The molecule has 0 fully saturated rings. The SMILES string of the molecule is O=C(O)CC=Cc1cnc(Cl)cc1C(=O)O. The van der Waals surface area contributed by atoms with Gasteiger partial charge in [-0.3, -0.25) is 4.79 Å². The van der Waals surface area contributed by atoms with Crippen molar-refractivity contribution in [1.82, 2.24) is 4.98 Å². The van der Waals surface area contributed by atoms with Crippen molar-refractivity contribution in [3.05, 3.63) is 34.6 Å². The lowest BCUT2D eigenvalue weighted by Crippen LogP contribution is -2.00. The number of rotatable bonds is 4. The Labute approximate surface area is 96.0 Å². The first-order valence-corrected chi connectivity index (χ1v) is 4.65. The Balaban J connectivity index is 2.99. The molecule has 0 bridgehead atoms. The van der Waals surface area contributed by atoms with Gasteiger partial charge in [0.1, 0.15) is 5.15 Å². The summed E-state index contributed by atoms with van der Waals surface area (Å²) in [5.74, 6) is -2.13. The zero-order valence-corrected chi connectivity index (χ0v) is 8.81. The van der Waals surface area contributed by atoms with Crippen molar-refractivity contribution in [3.63, 3.8) is 0 Å². The number of hydrogen-bond donors (Lipinski definition) is 2. The van der Waals surface area contributed by atoms with E-state index in [1.165, 1.54) is 24.4 Å². The van der Waals surface area contributed by atoms with Crippen LogP contribution in [0.1, 0.15) is 22.3 Å². The minimum absolute atomic E-state index is 0.0124. The van der Waals surface area contributed by atoms with Crippen LogP contribution in [0.2, 0.25) is 5.15 Å². The largest absolute Gasteiger partial charge is 0.481 e. The predicted molar refractivity (Wildman–Crippen MR) is 57.5 cm³/mol. The molecule has 0 amide bonds. The van der Waals surface area contributed by atoms with Crippen LogP contribution >= 0.6 is 11.6 Å². The highest BCUT2D eigenvalue weighted by molar-refractivity contribution is 6.29. The third-order valence-electron chi connectivity index (χ3n) is 1.72. The van der Waals surface area contributed by atoms with Crippen LogP contribution in [-0.2, 0) is 4.79 Å². The molecular formula is C10H8ClNO4. The molecule has 0 spiro atoms. The summed E-state index contributed by atoms with van der Waals surface area (Å²) in [7, 11) is 0. The number of halogens is 1. The molecule has 16 heavy (non-hydrogen) atoms. The van der Waals surface area contributed by atoms with Gasteiger partial charge in [0.25, 0.3) is 0 Å². The van der Waals surface area contributed by atoms with E-state index in [1.54, 1.807) is 0 Å². The minimum atomic E-state index is -1.14. The maximum atomic E-state index is 10.8. The Morgan fingerprint density at radius 1 is 1.44 bits per heavy atom. The molecule has 2 N–H and O–H groups in total. The van der Waals surface area contributed by atoms with E-state index in [9.17, 15) is 9.59 Å². The fraction of sp³-hybridized carbons (Fsp3) is 0.100. The van der Waals surface area contributed by atoms with Gasteiger partial charge in [-0.05, 0) is 6.07 Å². The van der Waals surface area contributed by atoms with Crippen molar-refractivity contribution < 1.29 is 19.8 Å². The van der Waals surface area contributed by atoms with Gasteiger partial charge in [0, 0.05) is 11.8 Å². The summed E-state index contributed by atoms with van der Waals surface area (Å²) in [5, 5.41) is 17.3. The molecule has 0 aliphatic rings. The van der Waals surface area contributed by atoms with E-state index < -0.39 is 11.9 Å². The highest BCUT2D eigenvalue weighted by Gasteiger charge is 2.09. The number of carbonyl (C=O) groups is 2. The number of nitrogens with zero attached hydrogens (tertiary/aromatic N) is 1. The number of aromatic nitrogens is 1. The van der Waals surface area contributed by atoms with E-state index in [1.807, 2.05) is 0 Å². The Morgan fingerprint density at radius 3 is 2.69 bits per heavy atom. The molecule has 0 atom stereocenters. The van der Waals surface area contributed by atoms with Gasteiger partial charge in [0.05, 0.1) is 12.0 Å². The van der Waals surface area contributed by atoms with Gasteiger partial charge < -0.3 is 10.2 Å². The molecule has 0 radical (unpaired) electrons. The van der Waals surface area contributed by atoms with E-state index in [-0.39, 0.29) is 17.1 Å². The summed E-state index contributed by atoms with van der Waals surface area (Å²) in [5.41, 5.74) is 0.305. The van der Waals surface area contributed by atoms with Crippen LogP contribution in [-0.4, -0.2) is 27.1 Å². The van der Waals surface area contributed by atoms with Crippen molar-refractivity contribution in [2.45, 2.75) is 6.42 Å². The standard InChI is InChI=1S/C10H8ClNO4/c11-8-4-7(10(15)16)6(5-12-8)2-1-3-9(13)14/h1-2,4-5H,3H2,(H,13,14)(H,15,16). The molecule has 5 nitrogen and oxygen atoms in total. The van der Waals surface area contributed by atoms with E-state index in [0.29, 0.717) is 5.56 Å². The Morgan fingerprint density at radius 2 is 2.12 bits per heavy atom. The van der Waals surface area contributed by atoms with Crippen molar-refractivity contribution in [1.29, 1.82) is 0 Å². The van der Waals surface area contributed by atoms with Crippen molar-refractivity contribution >= 4 is 29.6 Å². The van der Waals surface area contributed by atoms with Gasteiger partial charge in [-0.2, -0.15) is 0 Å².